The lowest BCUT2D eigenvalue weighted by atomic mass is 10.3. The number of carboxylic acids is 1. The van der Waals surface area contributed by atoms with Crippen LogP contribution in [0.25, 0.3) is 0 Å². The van der Waals surface area contributed by atoms with Crippen LogP contribution < -0.4 is 0 Å². The molecule has 0 aliphatic carbocycles. The molecule has 1 atom stereocenters. The minimum atomic E-state index is -1.01. The second-order valence-corrected chi connectivity index (χ2v) is 2.57. The van der Waals surface area contributed by atoms with Gasteiger partial charge in [-0.2, -0.15) is 0 Å². The van der Waals surface area contributed by atoms with Crippen molar-refractivity contribution in [3.63, 3.8) is 0 Å². The number of rotatable bonds is 2. The molecule has 0 radical (unpaired) electrons. The smallest absolute Gasteiger partial charge is 0.328 e. The van der Waals surface area contributed by atoms with E-state index in [-0.39, 0.29) is 19.2 Å². The normalized spacial score (nSPS) is 22.8. The van der Waals surface area contributed by atoms with Gasteiger partial charge in [0.15, 0.2) is 6.04 Å². The molecule has 0 aromatic carbocycles. The van der Waals surface area contributed by atoms with Crippen molar-refractivity contribution in [3.8, 4) is 0 Å². The summed E-state index contributed by atoms with van der Waals surface area (Å²) >= 11 is 0. The van der Waals surface area contributed by atoms with E-state index in [0.29, 0.717) is 6.42 Å². The van der Waals surface area contributed by atoms with Crippen molar-refractivity contribution in [2.24, 2.45) is 0 Å². The topological polar surface area (TPSA) is 66.8 Å². The highest BCUT2D eigenvalue weighted by Gasteiger charge is 2.33. The lowest BCUT2D eigenvalue weighted by Gasteiger charge is -2.17. The standard InChI is InChI=1S/C7H11NO4/c1-2-6(9)8-4-12-3-5(8)7(10)11/h5H,2-4H2,1H3,(H,10,11). The van der Waals surface area contributed by atoms with E-state index in [1.54, 1.807) is 6.92 Å². The van der Waals surface area contributed by atoms with Crippen molar-refractivity contribution in [1.82, 2.24) is 4.90 Å². The Bertz CT molecular complexity index is 204. The predicted octanol–water partition coefficient (Wildman–Crippen LogP) is -0.334. The van der Waals surface area contributed by atoms with Gasteiger partial charge in [0.05, 0.1) is 6.61 Å². The fraction of sp³-hybridized carbons (Fsp3) is 0.714. The first kappa shape index (κ1) is 8.99. The van der Waals surface area contributed by atoms with Crippen molar-refractivity contribution in [3.05, 3.63) is 0 Å². The first-order valence-corrected chi connectivity index (χ1v) is 3.76. The van der Waals surface area contributed by atoms with Crippen LogP contribution in [-0.4, -0.2) is 41.3 Å². The van der Waals surface area contributed by atoms with E-state index in [4.69, 9.17) is 9.84 Å². The second kappa shape index (κ2) is 3.53. The third kappa shape index (κ3) is 1.55. The van der Waals surface area contributed by atoms with Gasteiger partial charge in [-0.3, -0.25) is 4.79 Å². The van der Waals surface area contributed by atoms with Gasteiger partial charge in [-0.25, -0.2) is 4.79 Å². The van der Waals surface area contributed by atoms with E-state index in [0.717, 1.165) is 0 Å². The van der Waals surface area contributed by atoms with Crippen LogP contribution in [0, 0.1) is 0 Å². The largest absolute Gasteiger partial charge is 0.480 e. The first-order chi connectivity index (χ1) is 5.66. The molecule has 1 aliphatic heterocycles. The molecule has 1 aliphatic rings. The molecule has 1 N–H and O–H groups in total. The molecule has 1 rings (SSSR count). The maximum atomic E-state index is 11.1. The molecule has 0 bridgehead atoms. The molecule has 68 valence electrons. The third-order valence-electron chi connectivity index (χ3n) is 1.79. The highest BCUT2D eigenvalue weighted by Crippen LogP contribution is 2.10. The molecule has 0 saturated carbocycles. The van der Waals surface area contributed by atoms with Crippen molar-refractivity contribution in [1.29, 1.82) is 0 Å². The Morgan fingerprint density at radius 2 is 2.33 bits per heavy atom. The molecular formula is C7H11NO4. The van der Waals surface area contributed by atoms with Gasteiger partial charge in [0.1, 0.15) is 6.73 Å². The molecular weight excluding hydrogens is 162 g/mol. The zero-order chi connectivity index (χ0) is 9.14. The summed E-state index contributed by atoms with van der Waals surface area (Å²) in [6, 6.07) is -0.794. The average Bonchev–Trinajstić information content (AvgIpc) is 2.50. The summed E-state index contributed by atoms with van der Waals surface area (Å²) < 4.78 is 4.88. The molecule has 0 aromatic rings. The van der Waals surface area contributed by atoms with Gasteiger partial charge < -0.3 is 14.7 Å². The second-order valence-electron chi connectivity index (χ2n) is 2.57. The van der Waals surface area contributed by atoms with Crippen LogP contribution >= 0.6 is 0 Å². The van der Waals surface area contributed by atoms with Gasteiger partial charge in [0, 0.05) is 6.42 Å². The van der Waals surface area contributed by atoms with Crippen molar-refractivity contribution in [2.75, 3.05) is 13.3 Å². The summed E-state index contributed by atoms with van der Waals surface area (Å²) in [5.74, 6) is -1.19. The van der Waals surface area contributed by atoms with E-state index in [1.807, 2.05) is 0 Å². The monoisotopic (exact) mass is 173 g/mol. The first-order valence-electron chi connectivity index (χ1n) is 3.76. The van der Waals surface area contributed by atoms with Crippen molar-refractivity contribution >= 4 is 11.9 Å². The Balaban J connectivity index is 2.63. The number of hydrogen-bond donors (Lipinski definition) is 1. The number of nitrogens with zero attached hydrogens (tertiary/aromatic N) is 1. The average molecular weight is 173 g/mol. The number of aliphatic carboxylic acids is 1. The quantitative estimate of drug-likeness (QED) is 0.620. The SMILES string of the molecule is CCC(=O)N1COCC1C(=O)O. The lowest BCUT2D eigenvalue weighted by Crippen LogP contribution is -2.41. The van der Waals surface area contributed by atoms with Crippen LogP contribution in [0.3, 0.4) is 0 Å². The molecule has 12 heavy (non-hydrogen) atoms. The molecule has 1 heterocycles. The number of carbonyl (C=O) groups is 2. The van der Waals surface area contributed by atoms with Crippen LogP contribution in [0.5, 0.6) is 0 Å². The van der Waals surface area contributed by atoms with Crippen molar-refractivity contribution < 1.29 is 19.4 Å². The summed E-state index contributed by atoms with van der Waals surface area (Å²) in [4.78, 5) is 22.9. The van der Waals surface area contributed by atoms with Crippen molar-refractivity contribution in [2.45, 2.75) is 19.4 Å². The summed E-state index contributed by atoms with van der Waals surface area (Å²) in [7, 11) is 0. The molecule has 1 saturated heterocycles. The molecule has 1 fully saturated rings. The third-order valence-corrected chi connectivity index (χ3v) is 1.79. The van der Waals surface area contributed by atoms with Crippen LogP contribution in [0.15, 0.2) is 0 Å². The van der Waals surface area contributed by atoms with Crippen LogP contribution in [0.4, 0.5) is 0 Å². The Morgan fingerprint density at radius 1 is 1.67 bits per heavy atom. The van der Waals surface area contributed by atoms with E-state index in [9.17, 15) is 9.59 Å². The van der Waals surface area contributed by atoms with Gasteiger partial charge in [0.25, 0.3) is 0 Å². The fourth-order valence-electron chi connectivity index (χ4n) is 1.10. The molecule has 0 spiro atoms. The van der Waals surface area contributed by atoms with E-state index >= 15 is 0 Å². The minimum Gasteiger partial charge on any atom is -0.480 e. The van der Waals surface area contributed by atoms with Gasteiger partial charge in [-0.1, -0.05) is 6.92 Å². The Kier molecular flexibility index (Phi) is 2.65. The van der Waals surface area contributed by atoms with Gasteiger partial charge in [-0.15, -0.1) is 0 Å². The number of hydrogen-bond acceptors (Lipinski definition) is 3. The molecule has 1 unspecified atom stereocenters. The molecule has 5 nitrogen and oxygen atoms in total. The van der Waals surface area contributed by atoms with E-state index in [1.165, 1.54) is 4.90 Å². The molecule has 1 amide bonds. The summed E-state index contributed by atoms with van der Waals surface area (Å²) in [6.45, 7) is 1.89. The zero-order valence-corrected chi connectivity index (χ0v) is 6.82. The number of carbonyl (C=O) groups excluding carboxylic acids is 1. The number of amides is 1. The lowest BCUT2D eigenvalue weighted by molar-refractivity contribution is -0.147. The van der Waals surface area contributed by atoms with Gasteiger partial charge >= 0.3 is 5.97 Å². The fourth-order valence-corrected chi connectivity index (χ4v) is 1.10. The van der Waals surface area contributed by atoms with Crippen LogP contribution in [0.1, 0.15) is 13.3 Å². The number of ether oxygens (including phenoxy) is 1. The molecule has 5 heteroatoms. The Morgan fingerprint density at radius 3 is 2.83 bits per heavy atom. The highest BCUT2D eigenvalue weighted by molar-refractivity contribution is 5.83. The summed E-state index contributed by atoms with van der Waals surface area (Å²) in [6.07, 6.45) is 0.313. The summed E-state index contributed by atoms with van der Waals surface area (Å²) in [5.41, 5.74) is 0. The maximum Gasteiger partial charge on any atom is 0.328 e. The Labute approximate surface area is 69.9 Å². The predicted molar refractivity (Wildman–Crippen MR) is 39.4 cm³/mol. The summed E-state index contributed by atoms with van der Waals surface area (Å²) in [5, 5.41) is 8.65. The number of carboxylic acid groups (broad SMARTS) is 1. The van der Waals surface area contributed by atoms with Crippen LogP contribution in [0.2, 0.25) is 0 Å². The van der Waals surface area contributed by atoms with Gasteiger partial charge in [-0.05, 0) is 0 Å². The van der Waals surface area contributed by atoms with Gasteiger partial charge in [0.2, 0.25) is 5.91 Å². The highest BCUT2D eigenvalue weighted by atomic mass is 16.5. The minimum absolute atomic E-state index is 0.0983. The molecule has 0 aromatic heterocycles. The Hall–Kier alpha value is -1.10. The maximum absolute atomic E-state index is 11.1. The van der Waals surface area contributed by atoms with E-state index < -0.39 is 12.0 Å². The van der Waals surface area contributed by atoms with E-state index in [2.05, 4.69) is 0 Å². The zero-order valence-electron chi connectivity index (χ0n) is 6.82. The van der Waals surface area contributed by atoms with Crippen LogP contribution in [-0.2, 0) is 14.3 Å².